The average molecular weight is 385 g/mol. The van der Waals surface area contributed by atoms with Gasteiger partial charge >= 0.3 is 0 Å². The number of benzene rings is 1. The number of nitrogens with zero attached hydrogens (tertiary/aromatic N) is 1. The Morgan fingerprint density at radius 1 is 1.24 bits per heavy atom. The van der Waals surface area contributed by atoms with Crippen molar-refractivity contribution in [3.05, 3.63) is 53.4 Å². The number of nitrogens with one attached hydrogen (secondary N) is 1. The Morgan fingerprint density at radius 3 is 2.48 bits per heavy atom. The van der Waals surface area contributed by atoms with Crippen LogP contribution in [-0.2, 0) is 21.4 Å². The summed E-state index contributed by atoms with van der Waals surface area (Å²) in [6, 6.07) is 9.16. The molecule has 25 heavy (non-hydrogen) atoms. The van der Waals surface area contributed by atoms with Crippen LogP contribution in [0, 0.1) is 5.92 Å². The van der Waals surface area contributed by atoms with Gasteiger partial charge in [-0.1, -0.05) is 25.4 Å². The Balaban J connectivity index is 2.23. The van der Waals surface area contributed by atoms with Crippen molar-refractivity contribution in [2.45, 2.75) is 25.3 Å². The second-order valence-corrected chi connectivity index (χ2v) is 8.38. The summed E-state index contributed by atoms with van der Waals surface area (Å²) in [7, 11) is -3.87. The third-order valence-electron chi connectivity index (χ3n) is 3.39. The van der Waals surface area contributed by atoms with Gasteiger partial charge in [-0.15, -0.1) is 0 Å². The molecule has 0 radical (unpaired) electrons. The monoisotopic (exact) mass is 384 g/mol. The zero-order valence-electron chi connectivity index (χ0n) is 14.1. The molecule has 2 rings (SSSR count). The minimum atomic E-state index is -3.87. The molecule has 0 unspecified atom stereocenters. The van der Waals surface area contributed by atoms with Gasteiger partial charge in [0.05, 0.1) is 24.2 Å². The molecule has 136 valence electrons. The minimum absolute atomic E-state index is 0.0347. The van der Waals surface area contributed by atoms with Gasteiger partial charge in [0.2, 0.25) is 15.9 Å². The van der Waals surface area contributed by atoms with Crippen molar-refractivity contribution in [1.29, 1.82) is 0 Å². The Bertz CT molecular complexity index is 787. The maximum absolute atomic E-state index is 12.9. The van der Waals surface area contributed by atoms with Crippen LogP contribution in [0.3, 0.4) is 0 Å². The first-order valence-corrected chi connectivity index (χ1v) is 9.65. The lowest BCUT2D eigenvalue weighted by Gasteiger charge is -2.21. The van der Waals surface area contributed by atoms with Crippen molar-refractivity contribution in [2.75, 3.05) is 13.1 Å². The SMILES string of the molecule is CC(C)CNC(=O)CN(Cc1ccco1)S(=O)(=O)c1ccc(Cl)cc1. The molecule has 1 aromatic heterocycles. The summed E-state index contributed by atoms with van der Waals surface area (Å²) in [5, 5.41) is 3.16. The van der Waals surface area contributed by atoms with Crippen molar-refractivity contribution in [2.24, 2.45) is 5.92 Å². The van der Waals surface area contributed by atoms with E-state index in [1.54, 1.807) is 12.1 Å². The van der Waals surface area contributed by atoms with Crippen molar-refractivity contribution < 1.29 is 17.6 Å². The maximum atomic E-state index is 12.9. The predicted molar refractivity (Wildman–Crippen MR) is 95.6 cm³/mol. The van der Waals surface area contributed by atoms with Gasteiger partial charge in [0.25, 0.3) is 0 Å². The molecule has 0 saturated heterocycles. The van der Waals surface area contributed by atoms with Crippen LogP contribution < -0.4 is 5.32 Å². The third kappa shape index (κ3) is 5.59. The van der Waals surface area contributed by atoms with E-state index in [-0.39, 0.29) is 29.8 Å². The number of hydrogen-bond donors (Lipinski definition) is 1. The normalized spacial score (nSPS) is 11.9. The molecule has 8 heteroatoms. The molecule has 0 bridgehead atoms. The minimum Gasteiger partial charge on any atom is -0.468 e. The van der Waals surface area contributed by atoms with Crippen LogP contribution in [0.2, 0.25) is 5.02 Å². The molecule has 0 saturated carbocycles. The third-order valence-corrected chi connectivity index (χ3v) is 5.45. The fourth-order valence-electron chi connectivity index (χ4n) is 2.09. The van der Waals surface area contributed by atoms with Gasteiger partial charge in [0.1, 0.15) is 5.76 Å². The Labute approximate surface area is 152 Å². The Kier molecular flexibility index (Phi) is 6.64. The number of carbonyl (C=O) groups is 1. The van der Waals surface area contributed by atoms with Gasteiger partial charge in [-0.25, -0.2) is 8.42 Å². The largest absolute Gasteiger partial charge is 0.468 e. The number of sulfonamides is 1. The van der Waals surface area contributed by atoms with E-state index in [9.17, 15) is 13.2 Å². The summed E-state index contributed by atoms with van der Waals surface area (Å²) < 4.78 is 32.1. The second-order valence-electron chi connectivity index (χ2n) is 6.00. The first kappa shape index (κ1) is 19.5. The van der Waals surface area contributed by atoms with Crippen molar-refractivity contribution in [1.82, 2.24) is 9.62 Å². The lowest BCUT2D eigenvalue weighted by atomic mass is 10.2. The van der Waals surface area contributed by atoms with Gasteiger partial charge in [0, 0.05) is 11.6 Å². The van der Waals surface area contributed by atoms with Crippen LogP contribution in [0.4, 0.5) is 0 Å². The number of rotatable bonds is 8. The van der Waals surface area contributed by atoms with Crippen molar-refractivity contribution >= 4 is 27.5 Å². The van der Waals surface area contributed by atoms with Crippen molar-refractivity contribution in [3.8, 4) is 0 Å². The lowest BCUT2D eigenvalue weighted by molar-refractivity contribution is -0.121. The molecule has 0 aliphatic rings. The smallest absolute Gasteiger partial charge is 0.243 e. The number of hydrogen-bond acceptors (Lipinski definition) is 4. The van der Waals surface area contributed by atoms with Crippen LogP contribution in [0.15, 0.2) is 52.0 Å². The average Bonchev–Trinajstić information content (AvgIpc) is 3.06. The van der Waals surface area contributed by atoms with E-state index in [2.05, 4.69) is 5.32 Å². The van der Waals surface area contributed by atoms with E-state index < -0.39 is 10.0 Å². The van der Waals surface area contributed by atoms with Gasteiger partial charge in [-0.2, -0.15) is 4.31 Å². The highest BCUT2D eigenvalue weighted by molar-refractivity contribution is 7.89. The fourth-order valence-corrected chi connectivity index (χ4v) is 3.58. The Hall–Kier alpha value is -1.83. The second kappa shape index (κ2) is 8.51. The van der Waals surface area contributed by atoms with E-state index >= 15 is 0 Å². The molecular formula is C17H21ClN2O4S. The summed E-state index contributed by atoms with van der Waals surface area (Å²) >= 11 is 5.82. The predicted octanol–water partition coefficient (Wildman–Crippen LogP) is 2.90. The first-order chi connectivity index (χ1) is 11.8. The topological polar surface area (TPSA) is 79.6 Å². The molecule has 1 heterocycles. The van der Waals surface area contributed by atoms with E-state index in [1.807, 2.05) is 13.8 Å². The molecule has 0 aliphatic carbocycles. The summed E-state index contributed by atoms with van der Waals surface area (Å²) in [5.74, 6) is 0.363. The molecule has 0 spiro atoms. The molecular weight excluding hydrogens is 364 g/mol. The van der Waals surface area contributed by atoms with Crippen LogP contribution in [-0.4, -0.2) is 31.7 Å². The molecule has 1 amide bonds. The molecule has 2 aromatic rings. The van der Waals surface area contributed by atoms with E-state index in [4.69, 9.17) is 16.0 Å². The van der Waals surface area contributed by atoms with E-state index in [0.717, 1.165) is 4.31 Å². The highest BCUT2D eigenvalue weighted by atomic mass is 35.5. The molecule has 0 fully saturated rings. The quantitative estimate of drug-likeness (QED) is 0.758. The zero-order valence-corrected chi connectivity index (χ0v) is 15.7. The molecule has 1 N–H and O–H groups in total. The number of halogens is 1. The lowest BCUT2D eigenvalue weighted by Crippen LogP contribution is -2.41. The van der Waals surface area contributed by atoms with Crippen LogP contribution in [0.25, 0.3) is 0 Å². The van der Waals surface area contributed by atoms with Gasteiger partial charge in [-0.3, -0.25) is 4.79 Å². The van der Waals surface area contributed by atoms with Crippen molar-refractivity contribution in [3.63, 3.8) is 0 Å². The van der Waals surface area contributed by atoms with E-state index in [0.29, 0.717) is 17.3 Å². The van der Waals surface area contributed by atoms with Gasteiger partial charge in [-0.05, 0) is 42.3 Å². The molecule has 0 aliphatic heterocycles. The first-order valence-electron chi connectivity index (χ1n) is 7.84. The summed E-state index contributed by atoms with van der Waals surface area (Å²) in [6.07, 6.45) is 1.46. The van der Waals surface area contributed by atoms with Gasteiger partial charge in [0.15, 0.2) is 0 Å². The van der Waals surface area contributed by atoms with Gasteiger partial charge < -0.3 is 9.73 Å². The van der Waals surface area contributed by atoms with Crippen LogP contribution in [0.1, 0.15) is 19.6 Å². The molecule has 0 atom stereocenters. The highest BCUT2D eigenvalue weighted by Crippen LogP contribution is 2.20. The maximum Gasteiger partial charge on any atom is 0.243 e. The summed E-state index contributed by atoms with van der Waals surface area (Å²) in [6.45, 7) is 4.08. The summed E-state index contributed by atoms with van der Waals surface area (Å²) in [4.78, 5) is 12.2. The zero-order chi connectivity index (χ0) is 18.4. The standard InChI is InChI=1S/C17H21ClN2O4S/c1-13(2)10-19-17(21)12-20(11-15-4-3-9-24-15)25(22,23)16-7-5-14(18)6-8-16/h3-9,13H,10-12H2,1-2H3,(H,19,21). The highest BCUT2D eigenvalue weighted by Gasteiger charge is 2.27. The number of furan rings is 1. The Morgan fingerprint density at radius 2 is 1.92 bits per heavy atom. The number of amides is 1. The fraction of sp³-hybridized carbons (Fsp3) is 0.353. The van der Waals surface area contributed by atoms with Crippen LogP contribution in [0.5, 0.6) is 0 Å². The number of carbonyl (C=O) groups excluding carboxylic acids is 1. The van der Waals surface area contributed by atoms with Crippen LogP contribution >= 0.6 is 11.6 Å². The molecule has 1 aromatic carbocycles. The van der Waals surface area contributed by atoms with E-state index in [1.165, 1.54) is 30.5 Å². The molecule has 6 nitrogen and oxygen atoms in total. The summed E-state index contributed by atoms with van der Waals surface area (Å²) in [5.41, 5.74) is 0.